The summed E-state index contributed by atoms with van der Waals surface area (Å²) in [5, 5.41) is 26.4. The molecule has 1 unspecified atom stereocenters. The van der Waals surface area contributed by atoms with Gasteiger partial charge >= 0.3 is 24.1 Å². The number of carbonyl (C=O) groups excluding carboxylic acids is 11. The molecule has 0 spiro atoms. The first-order valence-electron chi connectivity index (χ1n) is 27.6. The van der Waals surface area contributed by atoms with Crippen molar-refractivity contribution in [2.45, 2.75) is 221 Å². The molecule has 8 N–H and O–H groups in total. The summed E-state index contributed by atoms with van der Waals surface area (Å²) < 4.78 is 58.0. The number of alkyl halides is 3. The molecule has 0 aliphatic heterocycles. The van der Waals surface area contributed by atoms with Gasteiger partial charge in [0.25, 0.3) is 5.91 Å². The monoisotopic (exact) mass is 1190 g/mol. The molecule has 2 aromatic carbocycles. The van der Waals surface area contributed by atoms with Gasteiger partial charge in [0.15, 0.2) is 0 Å². The molecule has 25 heteroatoms. The summed E-state index contributed by atoms with van der Waals surface area (Å²) >= 11 is 0. The van der Waals surface area contributed by atoms with Gasteiger partial charge in [0.1, 0.15) is 58.8 Å². The van der Waals surface area contributed by atoms with E-state index in [-0.39, 0.29) is 25.1 Å². The summed E-state index contributed by atoms with van der Waals surface area (Å²) in [6.07, 6.45) is -10.1. The lowest BCUT2D eigenvalue weighted by Gasteiger charge is -2.34. The molecule has 2 aromatic rings. The van der Waals surface area contributed by atoms with E-state index in [0.717, 1.165) is 0 Å². The van der Waals surface area contributed by atoms with Crippen LogP contribution in [0.3, 0.4) is 0 Å². The Morgan fingerprint density at radius 3 is 1.54 bits per heavy atom. The van der Waals surface area contributed by atoms with Crippen LogP contribution in [-0.4, -0.2) is 129 Å². The predicted octanol–water partition coefficient (Wildman–Crippen LogP) is 5.06. The van der Waals surface area contributed by atoms with Gasteiger partial charge in [-0.25, -0.2) is 0 Å². The van der Waals surface area contributed by atoms with Crippen molar-refractivity contribution in [1.82, 2.24) is 37.2 Å². The Labute approximate surface area is 489 Å². The molecule has 0 saturated heterocycles. The van der Waals surface area contributed by atoms with Crippen LogP contribution in [0.2, 0.25) is 0 Å². The fraction of sp³-hybridized carbons (Fsp3) is 0.610. The topological polar surface area (TPSA) is 320 Å². The number of hydrogen-bond acceptors (Lipinski definition) is 15. The Balaban J connectivity index is 2.61. The SMILES string of the molecule is Cc1ccccc1C[C@H](NC(=O)[C@H](CCC(=O)OC(C)(C)C)NC(=O)[C@H](CC(=O)OC(C)(C)C)NC(=O)CCC(=O)OC(C)(C)C)C(=O)N[C@H](C(=O)N[C@@H](CC(C)C)C(=O)NC(CC(F)(F)F)C(=O)C(=O)NCc1ccc(O)cc1)C(C)(C)C. The molecule has 0 heterocycles. The smallest absolute Gasteiger partial charge is 0.391 e. The van der Waals surface area contributed by atoms with Gasteiger partial charge in [0.05, 0.1) is 19.3 Å². The quantitative estimate of drug-likeness (QED) is 0.0314. The maximum absolute atomic E-state index is 14.8. The highest BCUT2D eigenvalue weighted by Gasteiger charge is 2.42. The van der Waals surface area contributed by atoms with Gasteiger partial charge in [0.2, 0.25) is 41.2 Å². The molecule has 6 atom stereocenters. The van der Waals surface area contributed by atoms with Crippen LogP contribution in [-0.2, 0) is 79.9 Å². The molecule has 0 fully saturated rings. The molecule has 0 aromatic heterocycles. The van der Waals surface area contributed by atoms with Crippen LogP contribution in [0, 0.1) is 18.3 Å². The zero-order valence-corrected chi connectivity index (χ0v) is 50.8. The molecule has 0 aliphatic carbocycles. The van der Waals surface area contributed by atoms with Crippen molar-refractivity contribution in [1.29, 1.82) is 0 Å². The highest BCUT2D eigenvalue weighted by atomic mass is 19.4. The molecule has 0 radical (unpaired) electrons. The van der Waals surface area contributed by atoms with E-state index in [1.165, 1.54) is 24.3 Å². The Hall–Kier alpha value is -7.60. The van der Waals surface area contributed by atoms with Crippen LogP contribution in [0.5, 0.6) is 5.75 Å². The van der Waals surface area contributed by atoms with E-state index in [1.54, 1.807) is 128 Å². The van der Waals surface area contributed by atoms with Crippen molar-refractivity contribution >= 4 is 65.0 Å². The zero-order chi connectivity index (χ0) is 64.3. The van der Waals surface area contributed by atoms with Crippen LogP contribution in [0.25, 0.3) is 0 Å². The number of aryl methyl sites for hydroxylation is 1. The fourth-order valence-corrected chi connectivity index (χ4v) is 8.00. The van der Waals surface area contributed by atoms with E-state index in [2.05, 4.69) is 31.9 Å². The Bertz CT molecular complexity index is 2650. The average Bonchev–Trinajstić information content (AvgIpc) is 3.11. The standard InChI is InChI=1S/C59H86F3N7O15/c1-33(2)28-39(50(77)68-42(31-59(60,61)62)47(75)53(80)63-32-35-20-22-37(70)23-21-35)67-54(81)48(55(4,5)6)69-52(79)40(29-36-19-17-16-18-34(36)3)66-49(76)38(24-26-44(72)82-56(7,8)9)65-51(78)41(30-46(74)84-58(13,14)15)64-43(71)25-27-45(73)83-57(10,11)12/h16-23,33,38-42,48,70H,24-32H2,1-15H3,(H,63,80)(H,64,71)(H,65,78)(H,66,76)(H,67,81)(H,68,77)(H,69,79)/t38-,39-,40-,41-,42?,48+/m0/s1. The molecule has 0 aliphatic rings. The number of nitrogens with one attached hydrogen (secondary N) is 7. The highest BCUT2D eigenvalue weighted by molar-refractivity contribution is 6.38. The number of benzene rings is 2. The molecule has 22 nitrogen and oxygen atoms in total. The van der Waals surface area contributed by atoms with Crippen LogP contribution in [0.4, 0.5) is 13.2 Å². The number of ketones is 1. The molecule has 2 rings (SSSR count). The number of halogens is 3. The first-order valence-corrected chi connectivity index (χ1v) is 27.6. The molecule has 7 amide bonds. The van der Waals surface area contributed by atoms with Crippen LogP contribution >= 0.6 is 0 Å². The third-order valence-electron chi connectivity index (χ3n) is 11.9. The van der Waals surface area contributed by atoms with E-state index in [1.807, 2.05) is 5.32 Å². The minimum absolute atomic E-state index is 0.102. The third kappa shape index (κ3) is 28.6. The van der Waals surface area contributed by atoms with E-state index in [4.69, 9.17) is 14.2 Å². The summed E-state index contributed by atoms with van der Waals surface area (Å²) in [7, 11) is 0. The van der Waals surface area contributed by atoms with E-state index >= 15 is 0 Å². The molecular formula is C59H86F3N7O15. The predicted molar refractivity (Wildman–Crippen MR) is 302 cm³/mol. The number of carbonyl (C=O) groups is 11. The number of amides is 7. The lowest BCUT2D eigenvalue weighted by atomic mass is 9.85. The van der Waals surface area contributed by atoms with Gasteiger partial charge in [-0.1, -0.05) is 71.0 Å². The van der Waals surface area contributed by atoms with Gasteiger partial charge in [-0.05, 0) is 122 Å². The summed E-state index contributed by atoms with van der Waals surface area (Å²) in [5.74, 6) is -12.3. The van der Waals surface area contributed by atoms with E-state index in [9.17, 15) is 71.0 Å². The molecule has 0 saturated carbocycles. The minimum atomic E-state index is -5.06. The second-order valence-electron chi connectivity index (χ2n) is 25.0. The first kappa shape index (κ1) is 72.5. The summed E-state index contributed by atoms with van der Waals surface area (Å²) in [6.45, 7) is 23.7. The Morgan fingerprint density at radius 1 is 0.536 bits per heavy atom. The maximum Gasteiger partial charge on any atom is 0.391 e. The largest absolute Gasteiger partial charge is 0.508 e. The van der Waals surface area contributed by atoms with Crippen molar-refractivity contribution < 1.29 is 85.2 Å². The van der Waals surface area contributed by atoms with E-state index in [0.29, 0.717) is 16.7 Å². The number of rotatable bonds is 28. The van der Waals surface area contributed by atoms with Crippen LogP contribution in [0.15, 0.2) is 48.5 Å². The number of Topliss-reactive ketones (excluding diaryl/α,β-unsaturated/α-hetero) is 1. The van der Waals surface area contributed by atoms with Gasteiger partial charge in [-0.15, -0.1) is 0 Å². The molecule has 0 bridgehead atoms. The van der Waals surface area contributed by atoms with E-state index < -0.39 is 174 Å². The summed E-state index contributed by atoms with van der Waals surface area (Å²) in [4.78, 5) is 150. The van der Waals surface area contributed by atoms with Gasteiger partial charge in [-0.3, -0.25) is 52.7 Å². The second kappa shape index (κ2) is 31.3. The second-order valence-corrected chi connectivity index (χ2v) is 25.0. The lowest BCUT2D eigenvalue weighted by molar-refractivity contribution is -0.158. The molecular weight excluding hydrogens is 1100 g/mol. The molecule has 84 heavy (non-hydrogen) atoms. The van der Waals surface area contributed by atoms with Crippen molar-refractivity contribution in [2.24, 2.45) is 11.3 Å². The summed E-state index contributed by atoms with van der Waals surface area (Å²) in [6, 6.07) is 1.48. The number of aromatic hydroxyl groups is 1. The number of esters is 3. The first-order chi connectivity index (χ1) is 38.4. The Morgan fingerprint density at radius 2 is 1.01 bits per heavy atom. The van der Waals surface area contributed by atoms with Crippen molar-refractivity contribution in [3.05, 3.63) is 65.2 Å². The van der Waals surface area contributed by atoms with Crippen LogP contribution in [0.1, 0.15) is 159 Å². The molecule has 468 valence electrons. The number of ether oxygens (including phenoxy) is 3. The zero-order valence-electron chi connectivity index (χ0n) is 50.8. The normalized spacial score (nSPS) is 14.2. The van der Waals surface area contributed by atoms with Crippen molar-refractivity contribution in [2.75, 3.05) is 0 Å². The van der Waals surface area contributed by atoms with Crippen molar-refractivity contribution in [3.8, 4) is 5.75 Å². The van der Waals surface area contributed by atoms with Crippen molar-refractivity contribution in [3.63, 3.8) is 0 Å². The lowest BCUT2D eigenvalue weighted by Crippen LogP contribution is -2.62. The minimum Gasteiger partial charge on any atom is -0.508 e. The number of phenolic OH excluding ortho intramolecular Hbond substituents is 1. The maximum atomic E-state index is 14.8. The number of phenols is 1. The van der Waals surface area contributed by atoms with Gasteiger partial charge in [0, 0.05) is 25.8 Å². The fourth-order valence-electron chi connectivity index (χ4n) is 8.00. The van der Waals surface area contributed by atoms with Gasteiger partial charge in [-0.2, -0.15) is 13.2 Å². The van der Waals surface area contributed by atoms with Gasteiger partial charge < -0.3 is 56.5 Å². The average molecular weight is 1190 g/mol. The Kier molecular flexibility index (Phi) is 27.1. The third-order valence-corrected chi connectivity index (χ3v) is 11.9. The van der Waals surface area contributed by atoms with Crippen LogP contribution < -0.4 is 37.2 Å². The highest BCUT2D eigenvalue weighted by Crippen LogP contribution is 2.24. The summed E-state index contributed by atoms with van der Waals surface area (Å²) in [5.41, 5.74) is -2.52. The number of hydrogen-bond donors (Lipinski definition) is 8.